The summed E-state index contributed by atoms with van der Waals surface area (Å²) in [6.45, 7) is 5.34. The number of carbonyl (C=O) groups is 1. The largest absolute Gasteiger partial charge is 0.380 e. The van der Waals surface area contributed by atoms with E-state index in [1.165, 1.54) is 0 Å². The van der Waals surface area contributed by atoms with E-state index >= 15 is 0 Å². The second kappa shape index (κ2) is 2.73. The van der Waals surface area contributed by atoms with Gasteiger partial charge in [0.15, 0.2) is 0 Å². The van der Waals surface area contributed by atoms with Crippen molar-refractivity contribution in [1.29, 1.82) is 0 Å². The Morgan fingerprint density at radius 2 is 1.92 bits per heavy atom. The van der Waals surface area contributed by atoms with Crippen molar-refractivity contribution in [3.05, 3.63) is 0 Å². The Balaban J connectivity index is 1.88. The summed E-state index contributed by atoms with van der Waals surface area (Å²) >= 11 is 0. The lowest BCUT2D eigenvalue weighted by molar-refractivity contribution is -0.151. The van der Waals surface area contributed by atoms with Crippen LogP contribution in [-0.4, -0.2) is 37.1 Å². The molecule has 2 rings (SSSR count). The third kappa shape index (κ3) is 1.22. The third-order valence-corrected chi connectivity index (χ3v) is 3.09. The molecule has 0 aromatic rings. The number of hydrogen-bond acceptors (Lipinski definition) is 2. The molecule has 2 aliphatic rings. The van der Waals surface area contributed by atoms with Crippen molar-refractivity contribution >= 4 is 5.91 Å². The molecule has 0 aromatic heterocycles. The number of hydrogen-bond donors (Lipinski definition) is 0. The summed E-state index contributed by atoms with van der Waals surface area (Å²) in [5.41, 5.74) is 0.450. The first-order chi connectivity index (χ1) is 5.72. The maximum atomic E-state index is 11.0. The molecule has 0 unspecified atom stereocenters. The van der Waals surface area contributed by atoms with Crippen molar-refractivity contribution < 1.29 is 9.53 Å². The summed E-state index contributed by atoms with van der Waals surface area (Å²) in [4.78, 5) is 12.9. The van der Waals surface area contributed by atoms with Crippen LogP contribution in [0, 0.1) is 5.41 Å². The Hall–Kier alpha value is -0.570. The normalized spacial score (nSPS) is 26.9. The average molecular weight is 169 g/mol. The van der Waals surface area contributed by atoms with Crippen LogP contribution in [0.25, 0.3) is 0 Å². The Labute approximate surface area is 72.7 Å². The van der Waals surface area contributed by atoms with Gasteiger partial charge in [-0.15, -0.1) is 0 Å². The lowest BCUT2D eigenvalue weighted by atomic mass is 9.77. The van der Waals surface area contributed by atoms with Gasteiger partial charge in [-0.2, -0.15) is 0 Å². The van der Waals surface area contributed by atoms with Crippen LogP contribution in [-0.2, 0) is 9.53 Å². The van der Waals surface area contributed by atoms with Crippen molar-refractivity contribution in [2.75, 3.05) is 26.3 Å². The highest BCUT2D eigenvalue weighted by molar-refractivity contribution is 5.73. The fraction of sp³-hybridized carbons (Fsp3) is 0.889. The smallest absolute Gasteiger partial charge is 0.219 e. The summed E-state index contributed by atoms with van der Waals surface area (Å²) in [6.07, 6.45) is 2.26. The van der Waals surface area contributed by atoms with Gasteiger partial charge in [-0.1, -0.05) is 0 Å². The van der Waals surface area contributed by atoms with E-state index in [2.05, 4.69) is 0 Å². The molecule has 0 atom stereocenters. The molecule has 0 bridgehead atoms. The molecule has 2 fully saturated rings. The van der Waals surface area contributed by atoms with Crippen LogP contribution in [0.5, 0.6) is 0 Å². The van der Waals surface area contributed by atoms with Gasteiger partial charge < -0.3 is 9.64 Å². The molecule has 0 radical (unpaired) electrons. The molecule has 0 N–H and O–H groups in total. The van der Waals surface area contributed by atoms with E-state index in [9.17, 15) is 4.79 Å². The molecule has 3 nitrogen and oxygen atoms in total. The molecule has 0 saturated carbocycles. The fourth-order valence-corrected chi connectivity index (χ4v) is 1.98. The molecule has 1 amide bonds. The maximum Gasteiger partial charge on any atom is 0.219 e. The van der Waals surface area contributed by atoms with Crippen molar-refractivity contribution in [3.8, 4) is 0 Å². The molecule has 0 aromatic carbocycles. The topological polar surface area (TPSA) is 29.5 Å². The van der Waals surface area contributed by atoms with Crippen LogP contribution in [0.2, 0.25) is 0 Å². The number of nitrogens with zero attached hydrogens (tertiary/aromatic N) is 1. The van der Waals surface area contributed by atoms with E-state index in [0.717, 1.165) is 39.1 Å². The van der Waals surface area contributed by atoms with Crippen LogP contribution >= 0.6 is 0 Å². The van der Waals surface area contributed by atoms with E-state index < -0.39 is 0 Å². The van der Waals surface area contributed by atoms with E-state index in [4.69, 9.17) is 4.74 Å². The Kier molecular flexibility index (Phi) is 1.83. The summed E-state index contributed by atoms with van der Waals surface area (Å²) < 4.78 is 5.21. The standard InChI is InChI=1S/C9H15NO2/c1-8(11)10-4-2-9(3-5-10)6-12-7-9/h2-7H2,1H3. The maximum absolute atomic E-state index is 11.0. The van der Waals surface area contributed by atoms with E-state index in [1.807, 2.05) is 4.90 Å². The van der Waals surface area contributed by atoms with E-state index in [0.29, 0.717) is 5.41 Å². The molecule has 68 valence electrons. The molecule has 2 heterocycles. The molecular formula is C9H15NO2. The molecule has 3 heteroatoms. The van der Waals surface area contributed by atoms with Crippen LogP contribution in [0.4, 0.5) is 0 Å². The summed E-state index contributed by atoms with van der Waals surface area (Å²) in [5.74, 6) is 0.213. The van der Waals surface area contributed by atoms with E-state index in [1.54, 1.807) is 6.92 Å². The summed E-state index contributed by atoms with van der Waals surface area (Å²) in [7, 11) is 0. The number of amides is 1. The van der Waals surface area contributed by atoms with E-state index in [-0.39, 0.29) is 5.91 Å². The van der Waals surface area contributed by atoms with Gasteiger partial charge in [0, 0.05) is 25.4 Å². The molecular weight excluding hydrogens is 154 g/mol. The van der Waals surface area contributed by atoms with Crippen molar-refractivity contribution in [1.82, 2.24) is 4.90 Å². The number of piperidine rings is 1. The van der Waals surface area contributed by atoms with Gasteiger partial charge in [0.1, 0.15) is 0 Å². The molecule has 12 heavy (non-hydrogen) atoms. The summed E-state index contributed by atoms with van der Waals surface area (Å²) in [5, 5.41) is 0. The van der Waals surface area contributed by atoms with Gasteiger partial charge in [-0.05, 0) is 12.8 Å². The highest BCUT2D eigenvalue weighted by atomic mass is 16.5. The minimum atomic E-state index is 0.213. The van der Waals surface area contributed by atoms with Crippen molar-refractivity contribution in [3.63, 3.8) is 0 Å². The second-order valence-electron chi connectivity index (χ2n) is 4.00. The number of rotatable bonds is 0. The Bertz CT molecular complexity index is 189. The highest BCUT2D eigenvalue weighted by Gasteiger charge is 2.41. The van der Waals surface area contributed by atoms with Crippen LogP contribution in [0.1, 0.15) is 19.8 Å². The fourth-order valence-electron chi connectivity index (χ4n) is 1.98. The van der Waals surface area contributed by atoms with Crippen LogP contribution < -0.4 is 0 Å². The first-order valence-electron chi connectivity index (χ1n) is 4.55. The van der Waals surface area contributed by atoms with Gasteiger partial charge in [0.2, 0.25) is 5.91 Å². The summed E-state index contributed by atoms with van der Waals surface area (Å²) in [6, 6.07) is 0. The van der Waals surface area contributed by atoms with Gasteiger partial charge >= 0.3 is 0 Å². The molecule has 2 saturated heterocycles. The lowest BCUT2D eigenvalue weighted by Crippen LogP contribution is -2.51. The van der Waals surface area contributed by atoms with Crippen LogP contribution in [0.15, 0.2) is 0 Å². The Morgan fingerprint density at radius 3 is 2.25 bits per heavy atom. The molecule has 0 aliphatic carbocycles. The van der Waals surface area contributed by atoms with Crippen molar-refractivity contribution in [2.45, 2.75) is 19.8 Å². The van der Waals surface area contributed by atoms with Gasteiger partial charge in [-0.25, -0.2) is 0 Å². The monoisotopic (exact) mass is 169 g/mol. The Morgan fingerprint density at radius 1 is 1.33 bits per heavy atom. The predicted octanol–water partition coefficient (Wildman–Crippen LogP) is 0.645. The number of carbonyl (C=O) groups excluding carboxylic acids is 1. The van der Waals surface area contributed by atoms with Gasteiger partial charge in [0.05, 0.1) is 13.2 Å². The van der Waals surface area contributed by atoms with Crippen LogP contribution in [0.3, 0.4) is 0 Å². The predicted molar refractivity (Wildman–Crippen MR) is 44.7 cm³/mol. The van der Waals surface area contributed by atoms with Gasteiger partial charge in [0.25, 0.3) is 0 Å². The SMILES string of the molecule is CC(=O)N1CCC2(CC1)COC2. The minimum absolute atomic E-state index is 0.213. The minimum Gasteiger partial charge on any atom is -0.380 e. The number of likely N-dealkylation sites (tertiary alicyclic amines) is 1. The zero-order chi connectivity index (χ0) is 8.60. The molecule has 2 aliphatic heterocycles. The van der Waals surface area contributed by atoms with Gasteiger partial charge in [-0.3, -0.25) is 4.79 Å². The van der Waals surface area contributed by atoms with Crippen molar-refractivity contribution in [2.24, 2.45) is 5.41 Å². The lowest BCUT2D eigenvalue weighted by Gasteiger charge is -2.47. The third-order valence-electron chi connectivity index (χ3n) is 3.09. The zero-order valence-corrected chi connectivity index (χ0v) is 7.51. The first kappa shape index (κ1) is 8.05. The quantitative estimate of drug-likeness (QED) is 0.532. The highest BCUT2D eigenvalue weighted by Crippen LogP contribution is 2.38. The molecule has 1 spiro atoms. The second-order valence-corrected chi connectivity index (χ2v) is 4.00. The zero-order valence-electron chi connectivity index (χ0n) is 7.51. The number of ether oxygens (including phenoxy) is 1. The first-order valence-corrected chi connectivity index (χ1v) is 4.55. The average Bonchev–Trinajstić information content (AvgIpc) is 2.02.